The number of ether oxygens (including phenoxy) is 3. The number of fused-ring (bicyclic) bond motifs is 2. The second kappa shape index (κ2) is 8.42. The largest absolute Gasteiger partial charge is 0.493 e. The number of amides is 1. The molecule has 2 fully saturated rings. The minimum Gasteiger partial charge on any atom is -0.493 e. The highest BCUT2D eigenvalue weighted by atomic mass is 35.5. The smallest absolute Gasteiger partial charge is 0.255 e. The van der Waals surface area contributed by atoms with E-state index < -0.39 is 0 Å². The zero-order valence-corrected chi connectivity index (χ0v) is 21.3. The average molecular weight is 509 g/mol. The van der Waals surface area contributed by atoms with Gasteiger partial charge < -0.3 is 29.8 Å². The molecule has 1 aromatic carbocycles. The van der Waals surface area contributed by atoms with Crippen molar-refractivity contribution in [2.24, 2.45) is 0 Å². The van der Waals surface area contributed by atoms with Gasteiger partial charge in [0.2, 0.25) is 0 Å². The number of rotatable bonds is 7. The van der Waals surface area contributed by atoms with E-state index in [1.807, 2.05) is 18.2 Å². The number of H-pyrrole nitrogens is 1. The highest BCUT2D eigenvalue weighted by Crippen LogP contribution is 2.54. The molecule has 0 bridgehead atoms. The molecule has 3 N–H and O–H groups in total. The van der Waals surface area contributed by atoms with E-state index in [1.54, 1.807) is 25.6 Å². The van der Waals surface area contributed by atoms with Crippen LogP contribution in [0.3, 0.4) is 0 Å². The van der Waals surface area contributed by atoms with Gasteiger partial charge in [0.15, 0.2) is 5.75 Å². The van der Waals surface area contributed by atoms with E-state index in [-0.39, 0.29) is 23.0 Å². The second-order valence-corrected chi connectivity index (χ2v) is 10.8. The molecule has 1 aliphatic carbocycles. The fraction of sp³-hybridized carbons (Fsp3) is 0.407. The van der Waals surface area contributed by atoms with Gasteiger partial charge in [0.25, 0.3) is 5.91 Å². The van der Waals surface area contributed by atoms with E-state index in [9.17, 15) is 4.79 Å². The van der Waals surface area contributed by atoms with Crippen molar-refractivity contribution in [1.29, 1.82) is 0 Å². The molecule has 1 spiro atoms. The zero-order chi connectivity index (χ0) is 25.1. The summed E-state index contributed by atoms with van der Waals surface area (Å²) < 4.78 is 17.7. The molecular formula is C27H29ClN4O4. The number of hydrogen-bond donors (Lipinski definition) is 3. The maximum atomic E-state index is 13.2. The maximum absolute atomic E-state index is 13.2. The molecule has 3 aromatic rings. The van der Waals surface area contributed by atoms with Crippen LogP contribution in [0, 0.1) is 0 Å². The summed E-state index contributed by atoms with van der Waals surface area (Å²) in [7, 11) is 1.57. The third-order valence-electron chi connectivity index (χ3n) is 7.31. The predicted octanol–water partition coefficient (Wildman–Crippen LogP) is 5.20. The predicted molar refractivity (Wildman–Crippen MR) is 138 cm³/mol. The summed E-state index contributed by atoms with van der Waals surface area (Å²) in [6.45, 7) is 5.21. The van der Waals surface area contributed by atoms with Crippen molar-refractivity contribution in [2.45, 2.75) is 50.2 Å². The number of methoxy groups -OCH3 is 1. The molecule has 2 aromatic heterocycles. The number of anilines is 2. The van der Waals surface area contributed by atoms with Crippen molar-refractivity contribution in [3.05, 3.63) is 52.9 Å². The van der Waals surface area contributed by atoms with Gasteiger partial charge in [-0.3, -0.25) is 9.78 Å². The van der Waals surface area contributed by atoms with Crippen molar-refractivity contribution >= 4 is 28.9 Å². The monoisotopic (exact) mass is 508 g/mol. The van der Waals surface area contributed by atoms with E-state index in [2.05, 4.69) is 34.4 Å². The van der Waals surface area contributed by atoms with Gasteiger partial charge in [-0.05, 0) is 44.9 Å². The molecule has 3 aliphatic rings. The molecule has 9 heteroatoms. The van der Waals surface area contributed by atoms with Crippen molar-refractivity contribution in [1.82, 2.24) is 15.3 Å². The van der Waals surface area contributed by atoms with Crippen LogP contribution in [0.4, 0.5) is 11.4 Å². The van der Waals surface area contributed by atoms with Gasteiger partial charge in [-0.2, -0.15) is 0 Å². The number of hydrogen-bond acceptors (Lipinski definition) is 6. The van der Waals surface area contributed by atoms with Gasteiger partial charge in [-0.15, -0.1) is 0 Å². The van der Waals surface area contributed by atoms with Crippen LogP contribution in [0.15, 0.2) is 36.7 Å². The van der Waals surface area contributed by atoms with Crippen molar-refractivity contribution < 1.29 is 19.0 Å². The molecule has 8 nitrogen and oxygen atoms in total. The lowest BCUT2D eigenvalue weighted by molar-refractivity contribution is -0.194. The lowest BCUT2D eigenvalue weighted by Gasteiger charge is -2.42. The molecule has 1 saturated carbocycles. The summed E-state index contributed by atoms with van der Waals surface area (Å²) in [5, 5.41) is 7.02. The fourth-order valence-corrected chi connectivity index (χ4v) is 5.62. The summed E-state index contributed by atoms with van der Waals surface area (Å²) in [5.41, 5.74) is 4.30. The van der Waals surface area contributed by atoms with Gasteiger partial charge in [-0.25, -0.2) is 0 Å². The Morgan fingerprint density at radius 1 is 1.28 bits per heavy atom. The van der Waals surface area contributed by atoms with E-state index in [4.69, 9.17) is 25.8 Å². The van der Waals surface area contributed by atoms with Gasteiger partial charge in [0.05, 0.1) is 52.7 Å². The maximum Gasteiger partial charge on any atom is 0.255 e. The van der Waals surface area contributed by atoms with Crippen molar-refractivity contribution in [3.63, 3.8) is 0 Å². The normalized spacial score (nSPS) is 20.8. The molecule has 0 unspecified atom stereocenters. The first-order chi connectivity index (χ1) is 17.3. The first-order valence-corrected chi connectivity index (χ1v) is 12.6. The minimum absolute atomic E-state index is 0.0405. The van der Waals surface area contributed by atoms with Gasteiger partial charge >= 0.3 is 0 Å². The summed E-state index contributed by atoms with van der Waals surface area (Å²) in [5.74, 6) is 1.01. The number of para-hydroxylation sites is 1. The van der Waals surface area contributed by atoms with E-state index >= 15 is 0 Å². The van der Waals surface area contributed by atoms with Crippen LogP contribution in [0.2, 0.25) is 5.02 Å². The van der Waals surface area contributed by atoms with E-state index in [1.165, 1.54) is 0 Å². The summed E-state index contributed by atoms with van der Waals surface area (Å²) in [6, 6.07) is 7.39. The SMILES string of the molecule is COc1c(Cl)cccc1Nc1c(-c2ccncc2OC[C@H]2CC(C)(C)O2)[nH]c2c1C(=O)NCC21CC1. The molecule has 1 saturated heterocycles. The van der Waals surface area contributed by atoms with Crippen LogP contribution in [-0.2, 0) is 10.2 Å². The van der Waals surface area contributed by atoms with Crippen LogP contribution in [0.25, 0.3) is 11.3 Å². The molecule has 1 amide bonds. The summed E-state index contributed by atoms with van der Waals surface area (Å²) in [6.07, 6.45) is 6.45. The van der Waals surface area contributed by atoms with Crippen molar-refractivity contribution in [2.75, 3.05) is 25.6 Å². The summed E-state index contributed by atoms with van der Waals surface area (Å²) in [4.78, 5) is 21.1. The van der Waals surface area contributed by atoms with Gasteiger partial charge in [0, 0.05) is 35.8 Å². The third kappa shape index (κ3) is 3.89. The van der Waals surface area contributed by atoms with Crippen LogP contribution >= 0.6 is 11.6 Å². The lowest BCUT2D eigenvalue weighted by Crippen LogP contribution is -2.48. The molecule has 1 atom stereocenters. The van der Waals surface area contributed by atoms with Crippen molar-refractivity contribution in [3.8, 4) is 22.8 Å². The minimum atomic E-state index is -0.116. The number of aromatic amines is 1. The number of nitrogens with zero attached hydrogens (tertiary/aromatic N) is 1. The quantitative estimate of drug-likeness (QED) is 0.405. The first kappa shape index (κ1) is 23.2. The number of benzene rings is 1. The zero-order valence-electron chi connectivity index (χ0n) is 20.5. The number of pyridine rings is 1. The lowest BCUT2D eigenvalue weighted by atomic mass is 9.93. The fourth-order valence-electron chi connectivity index (χ4n) is 5.37. The van der Waals surface area contributed by atoms with E-state index in [0.29, 0.717) is 46.6 Å². The highest BCUT2D eigenvalue weighted by Gasteiger charge is 2.51. The van der Waals surface area contributed by atoms with Crippen LogP contribution in [0.1, 0.15) is 49.2 Å². The Morgan fingerprint density at radius 2 is 2.08 bits per heavy atom. The molecule has 188 valence electrons. The van der Waals surface area contributed by atoms with E-state index in [0.717, 1.165) is 36.2 Å². The Morgan fingerprint density at radius 3 is 2.81 bits per heavy atom. The number of carbonyl (C=O) groups excluding carboxylic acids is 1. The number of aromatic nitrogens is 2. The summed E-state index contributed by atoms with van der Waals surface area (Å²) >= 11 is 6.40. The Kier molecular flexibility index (Phi) is 5.42. The molecule has 2 aliphatic heterocycles. The number of halogens is 1. The molecular weight excluding hydrogens is 480 g/mol. The number of carbonyl (C=O) groups is 1. The van der Waals surface area contributed by atoms with Crippen LogP contribution in [0.5, 0.6) is 11.5 Å². The Hall–Kier alpha value is -3.23. The van der Waals surface area contributed by atoms with Gasteiger partial charge in [0.1, 0.15) is 12.4 Å². The van der Waals surface area contributed by atoms with Crippen LogP contribution < -0.4 is 20.1 Å². The Balaban J connectivity index is 1.44. The average Bonchev–Trinajstić information content (AvgIpc) is 3.52. The number of nitrogens with one attached hydrogen (secondary N) is 3. The highest BCUT2D eigenvalue weighted by molar-refractivity contribution is 6.32. The Bertz CT molecular complexity index is 1340. The van der Waals surface area contributed by atoms with Crippen LogP contribution in [-0.4, -0.2) is 47.8 Å². The first-order valence-electron chi connectivity index (χ1n) is 12.2. The molecule has 36 heavy (non-hydrogen) atoms. The Labute approximate surface area is 214 Å². The standard InChI is InChI=1S/C27H29ClN4O4/c1-26(2)11-15(36-26)13-35-19-12-29-10-7-16(19)21-22(31-18-6-4-5-17(28)23(18)34-3)20-24(32-21)27(8-9-27)14-30-25(20)33/h4-7,10,12,15,31-32H,8-9,11,13-14H2,1-3H3,(H,30,33)/t15-/m1/s1. The topological polar surface area (TPSA) is 97.5 Å². The second-order valence-electron chi connectivity index (χ2n) is 10.4. The van der Waals surface area contributed by atoms with Gasteiger partial charge in [-0.1, -0.05) is 17.7 Å². The molecule has 4 heterocycles. The third-order valence-corrected chi connectivity index (χ3v) is 7.61. The molecule has 0 radical (unpaired) electrons. The molecule has 6 rings (SSSR count).